The van der Waals surface area contributed by atoms with Gasteiger partial charge in [-0.05, 0) is 54.6 Å². The van der Waals surface area contributed by atoms with Gasteiger partial charge < -0.3 is 16.4 Å². The van der Waals surface area contributed by atoms with Crippen molar-refractivity contribution in [2.45, 2.75) is 0 Å². The van der Waals surface area contributed by atoms with E-state index in [2.05, 4.69) is 20.6 Å². The minimum absolute atomic E-state index is 0.265. The summed E-state index contributed by atoms with van der Waals surface area (Å²) < 4.78 is 13.6. The van der Waals surface area contributed by atoms with Gasteiger partial charge in [0.25, 0.3) is 5.91 Å². The number of rotatable bonds is 4. The Hall–Kier alpha value is -4.00. The van der Waals surface area contributed by atoms with Crippen molar-refractivity contribution >= 4 is 39.7 Å². The predicted molar refractivity (Wildman–Crippen MR) is 108 cm³/mol. The van der Waals surface area contributed by atoms with Crippen LogP contribution in [0.25, 0.3) is 10.9 Å². The Labute approximate surface area is 160 Å². The topological polar surface area (TPSA) is 92.9 Å². The maximum absolute atomic E-state index is 13.6. The molecule has 0 saturated heterocycles. The lowest BCUT2D eigenvalue weighted by atomic mass is 10.1. The van der Waals surface area contributed by atoms with E-state index >= 15 is 0 Å². The van der Waals surface area contributed by atoms with E-state index in [1.54, 1.807) is 54.6 Å². The van der Waals surface area contributed by atoms with Gasteiger partial charge in [-0.2, -0.15) is 0 Å². The maximum atomic E-state index is 13.6. The van der Waals surface area contributed by atoms with Crippen molar-refractivity contribution < 1.29 is 9.18 Å². The number of nitrogen functional groups attached to an aromatic ring is 1. The van der Waals surface area contributed by atoms with Crippen LogP contribution in [0, 0.1) is 5.82 Å². The molecule has 7 heteroatoms. The minimum Gasteiger partial charge on any atom is -0.397 e. The number of halogens is 1. The lowest BCUT2D eigenvalue weighted by Gasteiger charge is -2.10. The second kappa shape index (κ2) is 7.32. The van der Waals surface area contributed by atoms with Crippen molar-refractivity contribution in [1.82, 2.24) is 9.97 Å². The summed E-state index contributed by atoms with van der Waals surface area (Å²) in [4.78, 5) is 20.7. The molecule has 3 aromatic carbocycles. The summed E-state index contributed by atoms with van der Waals surface area (Å²) >= 11 is 0. The van der Waals surface area contributed by atoms with Gasteiger partial charge in [0.1, 0.15) is 18.0 Å². The number of amides is 1. The summed E-state index contributed by atoms with van der Waals surface area (Å²) in [5, 5.41) is 6.48. The number of anilines is 4. The Kier molecular flexibility index (Phi) is 4.55. The molecule has 1 aromatic heterocycles. The molecule has 0 unspecified atom stereocenters. The third kappa shape index (κ3) is 3.59. The SMILES string of the molecule is Nc1ccccc1NC(=O)c1ccc(Nc2ncnc3ccc(F)cc23)cc1. The smallest absolute Gasteiger partial charge is 0.255 e. The first-order chi connectivity index (χ1) is 13.6. The number of para-hydroxylation sites is 2. The van der Waals surface area contributed by atoms with E-state index in [4.69, 9.17) is 5.73 Å². The standard InChI is InChI=1S/C21H16FN5O/c22-14-7-10-18-16(11-14)20(25-12-24-18)26-15-8-5-13(6-9-15)21(28)27-19-4-2-1-3-17(19)23/h1-12H,23H2,(H,27,28)(H,24,25,26). The first-order valence-corrected chi connectivity index (χ1v) is 8.53. The van der Waals surface area contributed by atoms with Gasteiger partial charge in [-0.25, -0.2) is 14.4 Å². The number of nitrogens with two attached hydrogens (primary N) is 1. The number of carbonyl (C=O) groups is 1. The van der Waals surface area contributed by atoms with E-state index in [1.807, 2.05) is 0 Å². The van der Waals surface area contributed by atoms with Crippen LogP contribution in [0.2, 0.25) is 0 Å². The molecule has 0 spiro atoms. The van der Waals surface area contributed by atoms with Gasteiger partial charge in [-0.15, -0.1) is 0 Å². The van der Waals surface area contributed by atoms with Crippen LogP contribution in [0.1, 0.15) is 10.4 Å². The summed E-state index contributed by atoms with van der Waals surface area (Å²) in [5.74, 6) is -0.143. The summed E-state index contributed by atoms with van der Waals surface area (Å²) in [5.41, 5.74) is 8.73. The number of nitrogens with zero attached hydrogens (tertiary/aromatic N) is 2. The minimum atomic E-state index is -0.363. The van der Waals surface area contributed by atoms with Crippen molar-refractivity contribution in [3.05, 3.63) is 84.4 Å². The Morgan fingerprint density at radius 3 is 2.54 bits per heavy atom. The molecule has 138 valence electrons. The molecule has 0 aliphatic carbocycles. The quantitative estimate of drug-likeness (QED) is 0.463. The first-order valence-electron chi connectivity index (χ1n) is 8.53. The van der Waals surface area contributed by atoms with Crippen molar-refractivity contribution in [3.8, 4) is 0 Å². The summed E-state index contributed by atoms with van der Waals surface area (Å²) in [6.07, 6.45) is 1.41. The summed E-state index contributed by atoms with van der Waals surface area (Å²) in [6, 6.07) is 18.2. The third-order valence-electron chi connectivity index (χ3n) is 4.22. The number of hydrogen-bond acceptors (Lipinski definition) is 5. The van der Waals surface area contributed by atoms with Crippen LogP contribution in [0.15, 0.2) is 73.1 Å². The van der Waals surface area contributed by atoms with Gasteiger partial charge >= 0.3 is 0 Å². The molecular weight excluding hydrogens is 357 g/mol. The zero-order valence-corrected chi connectivity index (χ0v) is 14.7. The van der Waals surface area contributed by atoms with Crippen LogP contribution in [-0.4, -0.2) is 15.9 Å². The second-order valence-electron chi connectivity index (χ2n) is 6.13. The number of carbonyl (C=O) groups excluding carboxylic acids is 1. The van der Waals surface area contributed by atoms with Gasteiger partial charge in [-0.1, -0.05) is 12.1 Å². The highest BCUT2D eigenvalue weighted by atomic mass is 19.1. The van der Waals surface area contributed by atoms with Gasteiger partial charge in [0.2, 0.25) is 0 Å². The second-order valence-corrected chi connectivity index (χ2v) is 6.13. The first kappa shape index (κ1) is 17.4. The fraction of sp³-hybridized carbons (Fsp3) is 0. The molecule has 0 fully saturated rings. The Balaban J connectivity index is 1.53. The number of fused-ring (bicyclic) bond motifs is 1. The van der Waals surface area contributed by atoms with Crippen LogP contribution >= 0.6 is 0 Å². The van der Waals surface area contributed by atoms with E-state index in [1.165, 1.54) is 18.5 Å². The average Bonchev–Trinajstić information content (AvgIpc) is 2.71. The predicted octanol–water partition coefficient (Wildman–Crippen LogP) is 4.35. The van der Waals surface area contributed by atoms with Crippen molar-refractivity contribution in [1.29, 1.82) is 0 Å². The maximum Gasteiger partial charge on any atom is 0.255 e. The van der Waals surface area contributed by atoms with Gasteiger partial charge in [0, 0.05) is 16.6 Å². The Morgan fingerprint density at radius 2 is 1.75 bits per heavy atom. The normalized spacial score (nSPS) is 10.6. The molecule has 6 nitrogen and oxygen atoms in total. The molecule has 4 rings (SSSR count). The number of benzene rings is 3. The van der Waals surface area contributed by atoms with Gasteiger partial charge in [-0.3, -0.25) is 4.79 Å². The lowest BCUT2D eigenvalue weighted by molar-refractivity contribution is 0.102. The number of hydrogen-bond donors (Lipinski definition) is 3. The largest absolute Gasteiger partial charge is 0.397 e. The van der Waals surface area contributed by atoms with Gasteiger partial charge in [0.15, 0.2) is 0 Å². The van der Waals surface area contributed by atoms with E-state index in [0.29, 0.717) is 39.3 Å². The van der Waals surface area contributed by atoms with Crippen molar-refractivity contribution in [2.75, 3.05) is 16.4 Å². The van der Waals surface area contributed by atoms with Crippen molar-refractivity contribution in [2.24, 2.45) is 0 Å². The fourth-order valence-electron chi connectivity index (χ4n) is 2.78. The molecule has 28 heavy (non-hydrogen) atoms. The zero-order chi connectivity index (χ0) is 19.5. The summed E-state index contributed by atoms with van der Waals surface area (Å²) in [6.45, 7) is 0. The molecule has 0 bridgehead atoms. The average molecular weight is 373 g/mol. The number of aromatic nitrogens is 2. The molecule has 1 amide bonds. The molecule has 0 aliphatic heterocycles. The zero-order valence-electron chi connectivity index (χ0n) is 14.7. The Bertz CT molecular complexity index is 1160. The molecular formula is C21H16FN5O. The van der Waals surface area contributed by atoms with Crippen LogP contribution in [0.5, 0.6) is 0 Å². The highest BCUT2D eigenvalue weighted by Gasteiger charge is 2.09. The number of nitrogens with one attached hydrogen (secondary N) is 2. The molecule has 0 saturated carbocycles. The summed E-state index contributed by atoms with van der Waals surface area (Å²) in [7, 11) is 0. The highest BCUT2D eigenvalue weighted by Crippen LogP contribution is 2.24. The molecule has 1 heterocycles. The molecule has 0 radical (unpaired) electrons. The lowest BCUT2D eigenvalue weighted by Crippen LogP contribution is -2.13. The monoisotopic (exact) mass is 373 g/mol. The van der Waals surface area contributed by atoms with Crippen LogP contribution in [0.3, 0.4) is 0 Å². The van der Waals surface area contributed by atoms with E-state index in [9.17, 15) is 9.18 Å². The van der Waals surface area contributed by atoms with E-state index < -0.39 is 0 Å². The molecule has 0 aliphatic rings. The molecule has 4 aromatic rings. The highest BCUT2D eigenvalue weighted by molar-refractivity contribution is 6.06. The van der Waals surface area contributed by atoms with Gasteiger partial charge in [0.05, 0.1) is 16.9 Å². The third-order valence-corrected chi connectivity index (χ3v) is 4.22. The van der Waals surface area contributed by atoms with Crippen LogP contribution in [-0.2, 0) is 0 Å². The van der Waals surface area contributed by atoms with E-state index in [0.717, 1.165) is 0 Å². The van der Waals surface area contributed by atoms with E-state index in [-0.39, 0.29) is 11.7 Å². The van der Waals surface area contributed by atoms with Crippen LogP contribution < -0.4 is 16.4 Å². The van der Waals surface area contributed by atoms with Crippen molar-refractivity contribution in [3.63, 3.8) is 0 Å². The Morgan fingerprint density at radius 1 is 0.964 bits per heavy atom. The molecule has 0 atom stereocenters. The molecule has 4 N–H and O–H groups in total. The fourth-order valence-corrected chi connectivity index (χ4v) is 2.78. The van der Waals surface area contributed by atoms with Crippen LogP contribution in [0.4, 0.5) is 27.3 Å².